The second kappa shape index (κ2) is 7.93. The lowest BCUT2D eigenvalue weighted by molar-refractivity contribution is -0.117. The Balaban J connectivity index is 2.01. The molecule has 0 saturated carbocycles. The molecule has 0 aliphatic heterocycles. The number of benzene rings is 1. The highest BCUT2D eigenvalue weighted by atomic mass is 35.5. The molecule has 25 heavy (non-hydrogen) atoms. The number of urea groups is 1. The lowest BCUT2D eigenvalue weighted by Crippen LogP contribution is -2.48. The fourth-order valence-corrected chi connectivity index (χ4v) is 3.04. The third kappa shape index (κ3) is 5.51. The van der Waals surface area contributed by atoms with Crippen LogP contribution in [-0.4, -0.2) is 32.8 Å². The van der Waals surface area contributed by atoms with Gasteiger partial charge in [-0.2, -0.15) is 0 Å². The van der Waals surface area contributed by atoms with Crippen LogP contribution in [0.4, 0.5) is 4.79 Å². The zero-order valence-electron chi connectivity index (χ0n) is 14.6. The summed E-state index contributed by atoms with van der Waals surface area (Å²) in [6.45, 7) is 7.46. The lowest BCUT2D eigenvalue weighted by Gasteiger charge is -2.20. The van der Waals surface area contributed by atoms with Gasteiger partial charge in [-0.05, 0) is 45.4 Å². The second-order valence-corrected chi connectivity index (χ2v) is 7.85. The number of amides is 3. The predicted molar refractivity (Wildman–Crippen MR) is 100 cm³/mol. The minimum absolute atomic E-state index is 0.0776. The van der Waals surface area contributed by atoms with Crippen LogP contribution in [0.5, 0.6) is 0 Å². The Morgan fingerprint density at radius 3 is 2.72 bits per heavy atom. The van der Waals surface area contributed by atoms with E-state index in [1.165, 1.54) is 11.8 Å². The van der Waals surface area contributed by atoms with Gasteiger partial charge in [0, 0.05) is 23.0 Å². The maximum atomic E-state index is 12.0. The van der Waals surface area contributed by atoms with E-state index in [2.05, 4.69) is 15.6 Å². The number of imide groups is 1. The van der Waals surface area contributed by atoms with Crippen molar-refractivity contribution >= 4 is 35.3 Å². The van der Waals surface area contributed by atoms with Gasteiger partial charge in [0.15, 0.2) is 5.16 Å². The van der Waals surface area contributed by atoms with E-state index in [1.54, 1.807) is 6.20 Å². The Bertz CT molecular complexity index is 783. The molecule has 0 unspecified atom stereocenters. The molecule has 1 aromatic heterocycles. The number of rotatable bonds is 4. The third-order valence-electron chi connectivity index (χ3n) is 3.18. The van der Waals surface area contributed by atoms with E-state index in [-0.39, 0.29) is 11.7 Å². The maximum absolute atomic E-state index is 12.0. The highest BCUT2D eigenvalue weighted by molar-refractivity contribution is 7.99. The van der Waals surface area contributed by atoms with Crippen LogP contribution in [0.15, 0.2) is 35.7 Å². The summed E-state index contributed by atoms with van der Waals surface area (Å²) in [5.74, 6) is -0.308. The molecule has 2 N–H and O–H groups in total. The quantitative estimate of drug-likeness (QED) is 0.795. The van der Waals surface area contributed by atoms with Crippen LogP contribution >= 0.6 is 23.4 Å². The van der Waals surface area contributed by atoms with Gasteiger partial charge in [0.1, 0.15) is 0 Å². The van der Waals surface area contributed by atoms with Crippen molar-refractivity contribution in [2.75, 3.05) is 5.75 Å². The van der Waals surface area contributed by atoms with Crippen molar-refractivity contribution in [1.29, 1.82) is 0 Å². The van der Waals surface area contributed by atoms with Gasteiger partial charge in [-0.1, -0.05) is 29.4 Å². The molecule has 2 rings (SSSR count). The smallest absolute Gasteiger partial charge is 0.321 e. The second-order valence-electron chi connectivity index (χ2n) is 6.50. The first-order valence-corrected chi connectivity index (χ1v) is 9.07. The van der Waals surface area contributed by atoms with Crippen LogP contribution in [0, 0.1) is 6.92 Å². The van der Waals surface area contributed by atoms with Crippen LogP contribution in [0.2, 0.25) is 5.02 Å². The Morgan fingerprint density at radius 2 is 2.04 bits per heavy atom. The molecular formula is C17H21ClN4O2S. The average Bonchev–Trinajstić information content (AvgIpc) is 2.94. The Morgan fingerprint density at radius 1 is 1.32 bits per heavy atom. The standard InChI is InChI=1S/C17H21ClN4O2S/c1-11-12(18)6-5-7-13(11)22-9-8-19-16(22)25-10-14(23)20-15(24)21-17(2,3)4/h5-9H,10H2,1-4H3,(H2,20,21,23,24). The van der Waals surface area contributed by atoms with E-state index >= 15 is 0 Å². The molecule has 134 valence electrons. The first-order chi connectivity index (χ1) is 11.7. The Labute approximate surface area is 156 Å². The SMILES string of the molecule is Cc1c(Cl)cccc1-n1ccnc1SCC(=O)NC(=O)NC(C)(C)C. The number of thioether (sulfide) groups is 1. The van der Waals surface area contributed by atoms with Crippen molar-refractivity contribution < 1.29 is 9.59 Å². The van der Waals surface area contributed by atoms with Gasteiger partial charge in [-0.15, -0.1) is 0 Å². The first kappa shape index (κ1) is 19.3. The molecule has 1 heterocycles. The number of nitrogens with zero attached hydrogens (tertiary/aromatic N) is 2. The first-order valence-electron chi connectivity index (χ1n) is 7.71. The van der Waals surface area contributed by atoms with E-state index in [9.17, 15) is 9.59 Å². The van der Waals surface area contributed by atoms with E-state index in [0.717, 1.165) is 11.3 Å². The minimum Gasteiger partial charge on any atom is -0.333 e. The average molecular weight is 381 g/mol. The van der Waals surface area contributed by atoms with E-state index < -0.39 is 11.6 Å². The number of nitrogens with one attached hydrogen (secondary N) is 2. The van der Waals surface area contributed by atoms with Crippen molar-refractivity contribution in [2.45, 2.75) is 38.4 Å². The number of imidazole rings is 1. The summed E-state index contributed by atoms with van der Waals surface area (Å²) in [4.78, 5) is 27.9. The lowest BCUT2D eigenvalue weighted by atomic mass is 10.1. The van der Waals surface area contributed by atoms with E-state index in [1.807, 2.05) is 56.7 Å². The van der Waals surface area contributed by atoms with Gasteiger partial charge in [-0.3, -0.25) is 14.7 Å². The maximum Gasteiger partial charge on any atom is 0.321 e. The zero-order chi connectivity index (χ0) is 18.6. The van der Waals surface area contributed by atoms with Crippen molar-refractivity contribution in [1.82, 2.24) is 20.2 Å². The summed E-state index contributed by atoms with van der Waals surface area (Å²) in [7, 11) is 0. The van der Waals surface area contributed by atoms with Gasteiger partial charge in [0.25, 0.3) is 0 Å². The number of hydrogen-bond acceptors (Lipinski definition) is 4. The van der Waals surface area contributed by atoms with Gasteiger partial charge in [0.05, 0.1) is 11.4 Å². The van der Waals surface area contributed by atoms with Crippen molar-refractivity contribution in [3.63, 3.8) is 0 Å². The molecule has 1 aromatic carbocycles. The summed E-state index contributed by atoms with van der Waals surface area (Å²) < 4.78 is 1.87. The molecular weight excluding hydrogens is 360 g/mol. The van der Waals surface area contributed by atoms with Crippen LogP contribution in [0.1, 0.15) is 26.3 Å². The van der Waals surface area contributed by atoms with Crippen LogP contribution < -0.4 is 10.6 Å². The molecule has 0 saturated heterocycles. The third-order valence-corrected chi connectivity index (χ3v) is 4.56. The summed E-state index contributed by atoms with van der Waals surface area (Å²) in [6, 6.07) is 5.12. The normalized spacial score (nSPS) is 11.2. The summed E-state index contributed by atoms with van der Waals surface area (Å²) in [6.07, 6.45) is 3.47. The number of aromatic nitrogens is 2. The van der Waals surface area contributed by atoms with Gasteiger partial charge < -0.3 is 5.32 Å². The Hall–Kier alpha value is -1.99. The summed E-state index contributed by atoms with van der Waals surface area (Å²) in [5.41, 5.74) is 1.43. The van der Waals surface area contributed by atoms with Gasteiger partial charge in [0.2, 0.25) is 5.91 Å². The predicted octanol–water partition coefficient (Wildman–Crippen LogP) is 3.55. The molecule has 8 heteroatoms. The molecule has 3 amide bonds. The van der Waals surface area contributed by atoms with E-state index in [0.29, 0.717) is 10.2 Å². The van der Waals surface area contributed by atoms with Crippen molar-refractivity contribution in [3.8, 4) is 5.69 Å². The Kier molecular flexibility index (Phi) is 6.13. The molecule has 6 nitrogen and oxygen atoms in total. The molecule has 0 spiro atoms. The van der Waals surface area contributed by atoms with Crippen molar-refractivity contribution in [2.24, 2.45) is 0 Å². The topological polar surface area (TPSA) is 76.0 Å². The fraction of sp³-hybridized carbons (Fsp3) is 0.353. The largest absolute Gasteiger partial charge is 0.333 e. The van der Waals surface area contributed by atoms with Crippen molar-refractivity contribution in [3.05, 3.63) is 41.2 Å². The molecule has 2 aromatic rings. The zero-order valence-corrected chi connectivity index (χ0v) is 16.2. The van der Waals surface area contributed by atoms with Gasteiger partial charge in [-0.25, -0.2) is 9.78 Å². The molecule has 0 aliphatic carbocycles. The van der Waals surface area contributed by atoms with Crippen LogP contribution in [0.25, 0.3) is 5.69 Å². The summed E-state index contributed by atoms with van der Waals surface area (Å²) in [5, 5.41) is 6.30. The number of carbonyl (C=O) groups excluding carboxylic acids is 2. The molecule has 0 aliphatic rings. The summed E-state index contributed by atoms with van der Waals surface area (Å²) >= 11 is 7.42. The van der Waals surface area contributed by atoms with Crippen LogP contribution in [-0.2, 0) is 4.79 Å². The highest BCUT2D eigenvalue weighted by Gasteiger charge is 2.17. The number of halogens is 1. The van der Waals surface area contributed by atoms with Gasteiger partial charge >= 0.3 is 6.03 Å². The highest BCUT2D eigenvalue weighted by Crippen LogP contribution is 2.26. The molecule has 0 atom stereocenters. The minimum atomic E-state index is -0.507. The monoisotopic (exact) mass is 380 g/mol. The number of carbonyl (C=O) groups is 2. The fourth-order valence-electron chi connectivity index (χ4n) is 2.10. The van der Waals surface area contributed by atoms with Crippen LogP contribution in [0.3, 0.4) is 0 Å². The molecule has 0 radical (unpaired) electrons. The van der Waals surface area contributed by atoms with E-state index in [4.69, 9.17) is 11.6 Å². The number of hydrogen-bond donors (Lipinski definition) is 2. The molecule has 0 fully saturated rings. The molecule has 0 bridgehead atoms.